The summed E-state index contributed by atoms with van der Waals surface area (Å²) in [5, 5.41) is 0. The second kappa shape index (κ2) is 6.26. The quantitative estimate of drug-likeness (QED) is 0.880. The molecule has 21 heavy (non-hydrogen) atoms. The van der Waals surface area contributed by atoms with Crippen LogP contribution in [0.3, 0.4) is 0 Å². The van der Waals surface area contributed by atoms with Crippen molar-refractivity contribution < 1.29 is 13.9 Å². The molecule has 1 amide bonds. The van der Waals surface area contributed by atoms with Gasteiger partial charge >= 0.3 is 0 Å². The molecule has 5 heteroatoms. The van der Waals surface area contributed by atoms with Crippen molar-refractivity contribution in [2.75, 3.05) is 24.3 Å². The monoisotopic (exact) mass is 288 g/mol. The van der Waals surface area contributed by atoms with Crippen molar-refractivity contribution >= 4 is 17.3 Å². The molecule has 0 aliphatic carbocycles. The van der Waals surface area contributed by atoms with Crippen LogP contribution < -0.4 is 15.4 Å². The van der Waals surface area contributed by atoms with Crippen molar-refractivity contribution in [3.8, 4) is 5.75 Å². The molecule has 0 aliphatic rings. The molecule has 0 saturated carbocycles. The fourth-order valence-corrected chi connectivity index (χ4v) is 2.09. The Kier molecular flexibility index (Phi) is 4.42. The van der Waals surface area contributed by atoms with Crippen molar-refractivity contribution in [1.29, 1.82) is 0 Å². The molecule has 0 unspecified atom stereocenters. The normalized spacial score (nSPS) is 10.2. The Hall–Kier alpha value is -2.56. The molecule has 0 fully saturated rings. The molecule has 0 atom stereocenters. The Bertz CT molecular complexity index is 641. The van der Waals surface area contributed by atoms with Gasteiger partial charge in [0.15, 0.2) is 0 Å². The SMILES string of the molecule is CCN(C(=O)c1ccc(N)cc1OC)c1ccc(F)cc1. The van der Waals surface area contributed by atoms with Gasteiger partial charge in [-0.3, -0.25) is 4.79 Å². The zero-order chi connectivity index (χ0) is 15.4. The number of anilines is 2. The number of benzene rings is 2. The van der Waals surface area contributed by atoms with Gasteiger partial charge in [0.05, 0.1) is 12.7 Å². The summed E-state index contributed by atoms with van der Waals surface area (Å²) in [6, 6.07) is 10.7. The van der Waals surface area contributed by atoms with Gasteiger partial charge in [-0.15, -0.1) is 0 Å². The van der Waals surface area contributed by atoms with Gasteiger partial charge in [-0.2, -0.15) is 0 Å². The molecule has 2 aromatic carbocycles. The lowest BCUT2D eigenvalue weighted by Crippen LogP contribution is -2.30. The number of rotatable bonds is 4. The predicted molar refractivity (Wildman–Crippen MR) is 81.2 cm³/mol. The fourth-order valence-electron chi connectivity index (χ4n) is 2.09. The number of hydrogen-bond donors (Lipinski definition) is 1. The van der Waals surface area contributed by atoms with Gasteiger partial charge in [-0.05, 0) is 43.3 Å². The molecule has 0 aliphatic heterocycles. The summed E-state index contributed by atoms with van der Waals surface area (Å²) >= 11 is 0. The first-order valence-corrected chi connectivity index (χ1v) is 6.57. The molecule has 0 aromatic heterocycles. The summed E-state index contributed by atoms with van der Waals surface area (Å²) in [5.74, 6) is -0.145. The molecule has 2 rings (SSSR count). The predicted octanol–water partition coefficient (Wildman–Crippen LogP) is 3.08. The third-order valence-electron chi connectivity index (χ3n) is 3.16. The standard InChI is InChI=1S/C16H17FN2O2/c1-3-19(13-7-4-11(17)5-8-13)16(20)14-9-6-12(18)10-15(14)21-2/h4-10H,3,18H2,1-2H3. The van der Waals surface area contributed by atoms with E-state index in [4.69, 9.17) is 10.5 Å². The van der Waals surface area contributed by atoms with Gasteiger partial charge in [-0.25, -0.2) is 4.39 Å². The highest BCUT2D eigenvalue weighted by Gasteiger charge is 2.20. The number of methoxy groups -OCH3 is 1. The van der Waals surface area contributed by atoms with E-state index in [1.54, 1.807) is 35.2 Å². The smallest absolute Gasteiger partial charge is 0.262 e. The van der Waals surface area contributed by atoms with E-state index in [9.17, 15) is 9.18 Å². The lowest BCUT2D eigenvalue weighted by atomic mass is 10.1. The van der Waals surface area contributed by atoms with Crippen LogP contribution in [-0.2, 0) is 0 Å². The van der Waals surface area contributed by atoms with Gasteiger partial charge in [-0.1, -0.05) is 0 Å². The van der Waals surface area contributed by atoms with E-state index in [1.165, 1.54) is 19.2 Å². The molecule has 0 bridgehead atoms. The minimum Gasteiger partial charge on any atom is -0.496 e. The van der Waals surface area contributed by atoms with Crippen LogP contribution in [-0.4, -0.2) is 19.6 Å². The number of nitrogens with two attached hydrogens (primary N) is 1. The average molecular weight is 288 g/mol. The first kappa shape index (κ1) is 14.8. The zero-order valence-electron chi connectivity index (χ0n) is 12.0. The largest absolute Gasteiger partial charge is 0.496 e. The zero-order valence-corrected chi connectivity index (χ0v) is 12.0. The maximum absolute atomic E-state index is 13.0. The Morgan fingerprint density at radius 3 is 2.48 bits per heavy atom. The number of amides is 1. The van der Waals surface area contributed by atoms with E-state index in [0.717, 1.165) is 0 Å². The van der Waals surface area contributed by atoms with Gasteiger partial charge < -0.3 is 15.4 Å². The molecule has 0 heterocycles. The van der Waals surface area contributed by atoms with Crippen molar-refractivity contribution in [1.82, 2.24) is 0 Å². The molecule has 0 radical (unpaired) electrons. The molecule has 0 spiro atoms. The minimum absolute atomic E-state index is 0.221. The van der Waals surface area contributed by atoms with Crippen LogP contribution in [0.1, 0.15) is 17.3 Å². The van der Waals surface area contributed by atoms with Gasteiger partial charge in [0.1, 0.15) is 11.6 Å². The van der Waals surface area contributed by atoms with E-state index in [0.29, 0.717) is 29.2 Å². The van der Waals surface area contributed by atoms with Gasteiger partial charge in [0, 0.05) is 24.0 Å². The molecule has 4 nitrogen and oxygen atoms in total. The van der Waals surface area contributed by atoms with Crippen molar-refractivity contribution in [2.45, 2.75) is 6.92 Å². The van der Waals surface area contributed by atoms with Crippen LogP contribution in [0.15, 0.2) is 42.5 Å². The Morgan fingerprint density at radius 1 is 1.24 bits per heavy atom. The first-order valence-electron chi connectivity index (χ1n) is 6.57. The van der Waals surface area contributed by atoms with Crippen LogP contribution in [0.2, 0.25) is 0 Å². The summed E-state index contributed by atoms with van der Waals surface area (Å²) in [5.41, 5.74) is 7.26. The highest BCUT2D eigenvalue weighted by molar-refractivity contribution is 6.08. The molecule has 2 aromatic rings. The van der Waals surface area contributed by atoms with Crippen LogP contribution in [0.5, 0.6) is 5.75 Å². The molecule has 2 N–H and O–H groups in total. The summed E-state index contributed by atoms with van der Waals surface area (Å²) in [4.78, 5) is 14.2. The van der Waals surface area contributed by atoms with Gasteiger partial charge in [0.25, 0.3) is 5.91 Å². The van der Waals surface area contributed by atoms with Crippen LogP contribution >= 0.6 is 0 Å². The third kappa shape index (κ3) is 3.13. The Morgan fingerprint density at radius 2 is 1.90 bits per heavy atom. The number of ether oxygens (including phenoxy) is 1. The van der Waals surface area contributed by atoms with E-state index < -0.39 is 0 Å². The lowest BCUT2D eigenvalue weighted by molar-refractivity contribution is 0.0985. The van der Waals surface area contributed by atoms with Crippen molar-refractivity contribution in [3.05, 3.63) is 53.8 Å². The second-order valence-electron chi connectivity index (χ2n) is 4.49. The number of halogens is 1. The van der Waals surface area contributed by atoms with E-state index >= 15 is 0 Å². The summed E-state index contributed by atoms with van der Waals surface area (Å²) in [7, 11) is 1.49. The minimum atomic E-state index is -0.340. The van der Waals surface area contributed by atoms with E-state index in [2.05, 4.69) is 0 Å². The fraction of sp³-hybridized carbons (Fsp3) is 0.188. The third-order valence-corrected chi connectivity index (χ3v) is 3.16. The van der Waals surface area contributed by atoms with Crippen LogP contribution in [0, 0.1) is 5.82 Å². The first-order chi connectivity index (χ1) is 10.1. The highest BCUT2D eigenvalue weighted by atomic mass is 19.1. The number of carbonyl (C=O) groups excluding carboxylic acids is 1. The number of nitrogen functional groups attached to an aromatic ring is 1. The van der Waals surface area contributed by atoms with Crippen LogP contribution in [0.25, 0.3) is 0 Å². The summed E-state index contributed by atoms with van der Waals surface area (Å²) in [6.07, 6.45) is 0. The topological polar surface area (TPSA) is 55.6 Å². The lowest BCUT2D eigenvalue weighted by Gasteiger charge is -2.22. The number of nitrogens with zero attached hydrogens (tertiary/aromatic N) is 1. The molecule has 0 saturated heterocycles. The van der Waals surface area contributed by atoms with Crippen LogP contribution in [0.4, 0.5) is 15.8 Å². The van der Waals surface area contributed by atoms with Gasteiger partial charge in [0.2, 0.25) is 0 Å². The maximum Gasteiger partial charge on any atom is 0.262 e. The molecule has 110 valence electrons. The molecular weight excluding hydrogens is 271 g/mol. The van der Waals surface area contributed by atoms with Crippen molar-refractivity contribution in [2.24, 2.45) is 0 Å². The van der Waals surface area contributed by atoms with E-state index in [1.807, 2.05) is 6.92 Å². The number of carbonyl (C=O) groups is 1. The summed E-state index contributed by atoms with van der Waals surface area (Å²) in [6.45, 7) is 2.31. The summed E-state index contributed by atoms with van der Waals surface area (Å²) < 4.78 is 18.2. The Labute approximate surface area is 122 Å². The number of hydrogen-bond acceptors (Lipinski definition) is 3. The Balaban J connectivity index is 2.39. The highest BCUT2D eigenvalue weighted by Crippen LogP contribution is 2.25. The second-order valence-corrected chi connectivity index (χ2v) is 4.49. The molecular formula is C16H17FN2O2. The van der Waals surface area contributed by atoms with E-state index in [-0.39, 0.29) is 11.7 Å². The maximum atomic E-state index is 13.0. The average Bonchev–Trinajstić information content (AvgIpc) is 2.49. The van der Waals surface area contributed by atoms with Crippen molar-refractivity contribution in [3.63, 3.8) is 0 Å².